The van der Waals surface area contributed by atoms with Gasteiger partial charge < -0.3 is 14.4 Å². The number of aromatic nitrogens is 3. The van der Waals surface area contributed by atoms with E-state index in [9.17, 15) is 14.3 Å². The second-order valence-electron chi connectivity index (χ2n) is 10.9. The Morgan fingerprint density at radius 1 is 1.06 bits per heavy atom. The van der Waals surface area contributed by atoms with Gasteiger partial charge in [-0.3, -0.25) is 4.79 Å². The van der Waals surface area contributed by atoms with Gasteiger partial charge in [-0.2, -0.15) is 0 Å². The van der Waals surface area contributed by atoms with Crippen molar-refractivity contribution >= 4 is 0 Å². The van der Waals surface area contributed by atoms with Crippen molar-refractivity contribution in [2.24, 2.45) is 17.9 Å². The van der Waals surface area contributed by atoms with Crippen molar-refractivity contribution in [3.8, 4) is 34.0 Å². The Bertz CT molecular complexity index is 1320. The summed E-state index contributed by atoms with van der Waals surface area (Å²) in [6, 6.07) is 6.79. The van der Waals surface area contributed by atoms with Crippen molar-refractivity contribution in [2.45, 2.75) is 58.5 Å². The number of phenolic OH excluding ortho intramolecular Hbond substituents is 1. The Hall–Kier alpha value is -3.29. The molecule has 0 radical (unpaired) electrons. The zero-order valence-corrected chi connectivity index (χ0v) is 20.1. The average Bonchev–Trinajstić information content (AvgIpc) is 2.78. The fraction of sp³-hybridized carbons (Fsp3) is 0.444. The first-order valence-corrected chi connectivity index (χ1v) is 11.9. The first-order chi connectivity index (χ1) is 16.6. The minimum Gasteiger partial charge on any atom is -0.507 e. The van der Waals surface area contributed by atoms with Crippen LogP contribution in [0.5, 0.6) is 11.6 Å². The molecule has 5 rings (SSSR count). The van der Waals surface area contributed by atoms with Crippen LogP contribution in [0.1, 0.15) is 52.4 Å². The van der Waals surface area contributed by atoms with Crippen molar-refractivity contribution in [2.75, 3.05) is 0 Å². The maximum absolute atomic E-state index is 15.0. The van der Waals surface area contributed by atoms with Gasteiger partial charge in [-0.25, -0.2) is 8.78 Å². The van der Waals surface area contributed by atoms with Gasteiger partial charge in [-0.1, -0.05) is 20.3 Å². The van der Waals surface area contributed by atoms with Crippen LogP contribution in [0.2, 0.25) is 0 Å². The summed E-state index contributed by atoms with van der Waals surface area (Å²) in [5.74, 6) is -2.61. The van der Waals surface area contributed by atoms with Gasteiger partial charge in [0.15, 0.2) is 11.6 Å². The molecule has 2 aromatic heterocycles. The Balaban J connectivity index is 1.40. The van der Waals surface area contributed by atoms with E-state index in [2.05, 4.69) is 24.0 Å². The normalized spacial score (nSPS) is 25.9. The minimum atomic E-state index is -1.26. The van der Waals surface area contributed by atoms with Gasteiger partial charge in [0.2, 0.25) is 5.88 Å². The number of rotatable bonds is 4. The summed E-state index contributed by atoms with van der Waals surface area (Å²) in [6.45, 7) is 4.65. The number of fused-ring (bicyclic) bond motifs is 2. The van der Waals surface area contributed by atoms with E-state index in [1.807, 2.05) is 0 Å². The molecule has 0 amide bonds. The lowest BCUT2D eigenvalue weighted by molar-refractivity contribution is -0.0421. The van der Waals surface area contributed by atoms with E-state index in [-0.39, 0.29) is 44.9 Å². The van der Waals surface area contributed by atoms with Gasteiger partial charge in [0.25, 0.3) is 5.56 Å². The second-order valence-corrected chi connectivity index (χ2v) is 10.9. The highest BCUT2D eigenvalue weighted by Gasteiger charge is 2.47. The smallest absolute Gasteiger partial charge is 0.250 e. The Morgan fingerprint density at radius 2 is 1.77 bits per heavy atom. The number of hydrogen-bond donors (Lipinski definition) is 1. The summed E-state index contributed by atoms with van der Waals surface area (Å²) in [5.41, 5.74) is -0.291. The molecule has 35 heavy (non-hydrogen) atoms. The third kappa shape index (κ3) is 4.42. The Kier molecular flexibility index (Phi) is 5.65. The lowest BCUT2D eigenvalue weighted by Gasteiger charge is -2.51. The van der Waals surface area contributed by atoms with Gasteiger partial charge >= 0.3 is 0 Å². The summed E-state index contributed by atoms with van der Waals surface area (Å²) < 4.78 is 37.5. The lowest BCUT2D eigenvalue weighted by Crippen LogP contribution is -2.45. The fourth-order valence-electron chi connectivity index (χ4n) is 6.22. The van der Waals surface area contributed by atoms with Crippen LogP contribution >= 0.6 is 0 Å². The molecule has 2 aliphatic rings. The minimum absolute atomic E-state index is 0.0128. The lowest BCUT2D eigenvalue weighted by atomic mass is 9.55. The third-order valence-electron chi connectivity index (χ3n) is 7.64. The molecule has 184 valence electrons. The molecule has 2 bridgehead atoms. The first-order valence-electron chi connectivity index (χ1n) is 11.9. The van der Waals surface area contributed by atoms with E-state index in [4.69, 9.17) is 4.74 Å². The van der Waals surface area contributed by atoms with Crippen LogP contribution in [-0.4, -0.2) is 26.0 Å². The molecule has 0 aliphatic heterocycles. The van der Waals surface area contributed by atoms with Gasteiger partial charge in [0, 0.05) is 30.9 Å². The van der Waals surface area contributed by atoms with Crippen molar-refractivity contribution in [1.82, 2.24) is 14.8 Å². The molecule has 0 spiro atoms. The van der Waals surface area contributed by atoms with Gasteiger partial charge in [-0.05, 0) is 66.7 Å². The number of hydrogen-bond acceptors (Lipinski definition) is 5. The quantitative estimate of drug-likeness (QED) is 0.523. The van der Waals surface area contributed by atoms with E-state index < -0.39 is 17.4 Å². The molecular weight excluding hydrogens is 452 g/mol. The SMILES string of the molecule is Cn1ccc(-c2cc(O)c(-c3ccc(O[C@H]4C[C@]5(C)CCC[C@](C)(C4)C5)nn3)c(F)c2F)cc1=O. The molecule has 2 aliphatic carbocycles. The van der Waals surface area contributed by atoms with Crippen molar-refractivity contribution in [3.63, 3.8) is 0 Å². The molecule has 6 nitrogen and oxygen atoms in total. The maximum atomic E-state index is 15.0. The Labute approximate surface area is 202 Å². The van der Waals surface area contributed by atoms with Crippen LogP contribution in [0.4, 0.5) is 8.78 Å². The van der Waals surface area contributed by atoms with Crippen LogP contribution in [0.3, 0.4) is 0 Å². The zero-order valence-electron chi connectivity index (χ0n) is 20.1. The number of phenols is 1. The van der Waals surface area contributed by atoms with Gasteiger partial charge in [-0.15, -0.1) is 10.2 Å². The number of ether oxygens (including phenoxy) is 1. The second kappa shape index (κ2) is 8.43. The van der Waals surface area contributed by atoms with E-state index in [1.165, 1.54) is 54.6 Å². The molecule has 2 saturated carbocycles. The number of aromatic hydroxyl groups is 1. The van der Waals surface area contributed by atoms with Crippen LogP contribution in [-0.2, 0) is 7.05 Å². The summed E-state index contributed by atoms with van der Waals surface area (Å²) in [5, 5.41) is 18.6. The molecule has 8 heteroatoms. The van der Waals surface area contributed by atoms with Crippen molar-refractivity contribution in [1.29, 1.82) is 0 Å². The third-order valence-corrected chi connectivity index (χ3v) is 7.64. The van der Waals surface area contributed by atoms with Crippen molar-refractivity contribution < 1.29 is 18.6 Å². The number of pyridine rings is 1. The molecule has 0 unspecified atom stereocenters. The maximum Gasteiger partial charge on any atom is 0.250 e. The number of benzene rings is 1. The topological polar surface area (TPSA) is 77.2 Å². The summed E-state index contributed by atoms with van der Waals surface area (Å²) in [6.07, 6.45) is 8.24. The molecular formula is C27H29F2N3O3. The summed E-state index contributed by atoms with van der Waals surface area (Å²) >= 11 is 0. The highest BCUT2D eigenvalue weighted by Crippen LogP contribution is 2.55. The number of aryl methyl sites for hydroxylation is 1. The van der Waals surface area contributed by atoms with Crippen LogP contribution < -0.4 is 10.3 Å². The summed E-state index contributed by atoms with van der Waals surface area (Å²) in [7, 11) is 1.55. The number of halogens is 2. The zero-order chi connectivity index (χ0) is 25.0. The fourth-order valence-corrected chi connectivity index (χ4v) is 6.22. The van der Waals surface area contributed by atoms with Crippen molar-refractivity contribution in [3.05, 3.63) is 58.5 Å². The van der Waals surface area contributed by atoms with E-state index in [1.54, 1.807) is 13.1 Å². The predicted octanol–water partition coefficient (Wildman–Crippen LogP) is 5.62. The Morgan fingerprint density at radius 3 is 2.40 bits per heavy atom. The number of nitrogens with zero attached hydrogens (tertiary/aromatic N) is 3. The molecule has 3 atom stereocenters. The van der Waals surface area contributed by atoms with Gasteiger partial charge in [0.05, 0.1) is 5.56 Å². The van der Waals surface area contributed by atoms with Crippen LogP contribution in [0.15, 0.2) is 41.3 Å². The highest BCUT2D eigenvalue weighted by atomic mass is 19.2. The highest BCUT2D eigenvalue weighted by molar-refractivity contribution is 5.75. The molecule has 2 heterocycles. The van der Waals surface area contributed by atoms with E-state index >= 15 is 4.39 Å². The predicted molar refractivity (Wildman–Crippen MR) is 128 cm³/mol. The monoisotopic (exact) mass is 481 g/mol. The first kappa shape index (κ1) is 23.5. The average molecular weight is 482 g/mol. The van der Waals surface area contributed by atoms with Gasteiger partial charge in [0.1, 0.15) is 17.5 Å². The summed E-state index contributed by atoms with van der Waals surface area (Å²) in [4.78, 5) is 11.9. The standard InChI is InChI=1S/C27H29F2N3O3/c1-26-8-4-9-27(2,15-26)14-17(13-26)35-21-6-5-19(30-31-21)23-20(33)12-18(24(28)25(23)29)16-7-10-32(3)22(34)11-16/h5-7,10-12,17,33H,4,8-9,13-15H2,1-3H3/t17-,26-,27+. The molecule has 1 aromatic carbocycles. The molecule has 3 aromatic rings. The van der Waals surface area contributed by atoms with Crippen LogP contribution in [0, 0.1) is 22.5 Å². The molecule has 0 saturated heterocycles. The van der Waals surface area contributed by atoms with Crippen LogP contribution in [0.25, 0.3) is 22.4 Å². The molecule has 2 fully saturated rings. The largest absolute Gasteiger partial charge is 0.507 e. The molecule has 1 N–H and O–H groups in total. The van der Waals surface area contributed by atoms with E-state index in [0.29, 0.717) is 5.88 Å². The van der Waals surface area contributed by atoms with E-state index in [0.717, 1.165) is 18.9 Å².